The zero-order valence-corrected chi connectivity index (χ0v) is 12.0. The maximum absolute atomic E-state index is 4.46. The third-order valence-corrected chi connectivity index (χ3v) is 3.30. The number of aryl methyl sites for hydroxylation is 1. The van der Waals surface area contributed by atoms with E-state index in [2.05, 4.69) is 29.2 Å². The van der Waals surface area contributed by atoms with Crippen LogP contribution in [0.25, 0.3) is 21.0 Å². The third kappa shape index (κ3) is 1.86. The molecule has 0 aliphatic rings. The average molecular weight is 287 g/mol. The van der Waals surface area contributed by atoms with Gasteiger partial charge < -0.3 is 0 Å². The summed E-state index contributed by atoms with van der Waals surface area (Å²) in [5.74, 6) is 0. The van der Waals surface area contributed by atoms with Crippen LogP contribution in [0, 0.1) is 13.0 Å². The molecule has 1 radical (unpaired) electrons. The number of rotatable bonds is 0. The van der Waals surface area contributed by atoms with Crippen molar-refractivity contribution in [3.63, 3.8) is 0 Å². The second kappa shape index (κ2) is 4.28. The molecule has 0 amide bonds. The van der Waals surface area contributed by atoms with Crippen LogP contribution >= 0.6 is 11.3 Å². The summed E-state index contributed by atoms with van der Waals surface area (Å²) in [5, 5.41) is 3.55. The molecule has 1 nitrogen and oxygen atoms in total. The van der Waals surface area contributed by atoms with Gasteiger partial charge in [-0.15, -0.1) is 35.0 Å². The number of fused-ring (bicyclic) bond motifs is 3. The Labute approximate surface area is 117 Å². The van der Waals surface area contributed by atoms with Crippen molar-refractivity contribution >= 4 is 32.3 Å². The van der Waals surface area contributed by atoms with Crippen LogP contribution in [0.15, 0.2) is 30.3 Å². The Morgan fingerprint density at radius 2 is 2.13 bits per heavy atom. The predicted octanol–water partition coefficient (Wildman–Crippen LogP) is 3.56. The number of hydrogen-bond donors (Lipinski definition) is 0. The molecule has 2 aromatic carbocycles. The van der Waals surface area contributed by atoms with E-state index >= 15 is 0 Å². The molecule has 71 valence electrons. The molecular weight excluding hydrogens is 279 g/mol. The van der Waals surface area contributed by atoms with Gasteiger partial charge in [0.05, 0.1) is 5.01 Å². The van der Waals surface area contributed by atoms with Gasteiger partial charge in [-0.3, -0.25) is 4.98 Å². The molecule has 3 heteroatoms. The predicted molar refractivity (Wildman–Crippen MR) is 60.7 cm³/mol. The number of aromatic nitrogens is 1. The van der Waals surface area contributed by atoms with Crippen LogP contribution in [0.5, 0.6) is 0 Å². The van der Waals surface area contributed by atoms with Crippen molar-refractivity contribution in [2.75, 3.05) is 0 Å². The van der Waals surface area contributed by atoms with Crippen molar-refractivity contribution < 1.29 is 32.7 Å². The van der Waals surface area contributed by atoms with Crippen LogP contribution in [0.4, 0.5) is 0 Å². The minimum absolute atomic E-state index is 0. The summed E-state index contributed by atoms with van der Waals surface area (Å²) < 4.78 is 1.25. The molecule has 0 aliphatic carbocycles. The molecular formula is C12H8NSY-. The third-order valence-electron chi connectivity index (χ3n) is 2.30. The van der Waals surface area contributed by atoms with Crippen molar-refractivity contribution in [3.05, 3.63) is 41.4 Å². The summed E-state index contributed by atoms with van der Waals surface area (Å²) in [6.45, 7) is 2.04. The topological polar surface area (TPSA) is 12.9 Å². The SMILES string of the molecule is Cc1nc2ccc3ccc[c-]c3c2s1.[Y]. The van der Waals surface area contributed by atoms with Gasteiger partial charge in [-0.25, -0.2) is 0 Å². The molecule has 1 aromatic heterocycles. The largest absolute Gasteiger partial charge is 0.252 e. The Balaban J connectivity index is 0.000000853. The Hall–Kier alpha value is -0.306. The maximum atomic E-state index is 4.46. The molecule has 1 heterocycles. The van der Waals surface area contributed by atoms with E-state index in [1.54, 1.807) is 11.3 Å². The molecule has 0 N–H and O–H groups in total. The smallest absolute Gasteiger partial charge is 0.0806 e. The first kappa shape index (κ1) is 11.2. The maximum Gasteiger partial charge on any atom is 0.0806 e. The van der Waals surface area contributed by atoms with Gasteiger partial charge in [0.1, 0.15) is 0 Å². The summed E-state index contributed by atoms with van der Waals surface area (Å²) in [6, 6.07) is 13.5. The molecule has 3 rings (SSSR count). The number of nitrogens with zero attached hydrogens (tertiary/aromatic N) is 1. The van der Waals surface area contributed by atoms with E-state index < -0.39 is 0 Å². The summed E-state index contributed by atoms with van der Waals surface area (Å²) in [4.78, 5) is 4.46. The Kier molecular flexibility index (Phi) is 3.20. The molecule has 3 aromatic rings. The molecule has 0 saturated carbocycles. The van der Waals surface area contributed by atoms with Gasteiger partial charge in [0.15, 0.2) is 0 Å². The van der Waals surface area contributed by atoms with Gasteiger partial charge in [0, 0.05) is 38.2 Å². The van der Waals surface area contributed by atoms with E-state index in [4.69, 9.17) is 0 Å². The van der Waals surface area contributed by atoms with E-state index in [0.717, 1.165) is 10.5 Å². The molecule has 0 bridgehead atoms. The first-order valence-electron chi connectivity index (χ1n) is 4.51. The minimum Gasteiger partial charge on any atom is -0.252 e. The summed E-state index contributed by atoms with van der Waals surface area (Å²) >= 11 is 1.74. The van der Waals surface area contributed by atoms with Gasteiger partial charge >= 0.3 is 0 Å². The van der Waals surface area contributed by atoms with Crippen LogP contribution in [0.1, 0.15) is 5.01 Å². The van der Waals surface area contributed by atoms with Crippen molar-refractivity contribution in [3.8, 4) is 0 Å². The Morgan fingerprint density at radius 3 is 3.00 bits per heavy atom. The van der Waals surface area contributed by atoms with E-state index in [-0.39, 0.29) is 32.7 Å². The second-order valence-electron chi connectivity index (χ2n) is 3.28. The van der Waals surface area contributed by atoms with Gasteiger partial charge in [-0.2, -0.15) is 11.3 Å². The van der Waals surface area contributed by atoms with Crippen LogP contribution in [-0.4, -0.2) is 4.98 Å². The van der Waals surface area contributed by atoms with Crippen LogP contribution in [-0.2, 0) is 32.7 Å². The molecule has 0 atom stereocenters. The molecule has 0 unspecified atom stereocenters. The number of benzene rings is 2. The summed E-state index contributed by atoms with van der Waals surface area (Å²) in [6.07, 6.45) is 0. The zero-order chi connectivity index (χ0) is 9.54. The summed E-state index contributed by atoms with van der Waals surface area (Å²) in [7, 11) is 0. The average Bonchev–Trinajstić information content (AvgIpc) is 2.59. The van der Waals surface area contributed by atoms with Crippen molar-refractivity contribution in [1.82, 2.24) is 4.98 Å². The zero-order valence-electron chi connectivity index (χ0n) is 8.32. The standard InChI is InChI=1S/C12H8NS.Y/c1-8-13-11-7-6-9-4-2-3-5-10(9)12(11)14-8;/h2-4,6-7H,1H3;/q-1;. The monoisotopic (exact) mass is 287 g/mol. The van der Waals surface area contributed by atoms with Gasteiger partial charge in [-0.05, 0) is 11.6 Å². The van der Waals surface area contributed by atoms with Crippen molar-refractivity contribution in [2.24, 2.45) is 0 Å². The van der Waals surface area contributed by atoms with Crippen LogP contribution < -0.4 is 0 Å². The summed E-state index contributed by atoms with van der Waals surface area (Å²) in [5.41, 5.74) is 1.09. The fraction of sp³-hybridized carbons (Fsp3) is 0.0833. The molecule has 0 saturated heterocycles. The fourth-order valence-corrected chi connectivity index (χ4v) is 2.63. The van der Waals surface area contributed by atoms with E-state index in [1.165, 1.54) is 15.5 Å². The van der Waals surface area contributed by atoms with E-state index in [9.17, 15) is 0 Å². The van der Waals surface area contributed by atoms with Crippen LogP contribution in [0.2, 0.25) is 0 Å². The molecule has 0 fully saturated rings. The second-order valence-corrected chi connectivity index (χ2v) is 4.48. The molecule has 0 spiro atoms. The first-order chi connectivity index (χ1) is 6.84. The van der Waals surface area contributed by atoms with E-state index in [1.807, 2.05) is 19.1 Å². The fourth-order valence-electron chi connectivity index (χ4n) is 1.69. The van der Waals surface area contributed by atoms with Crippen molar-refractivity contribution in [2.45, 2.75) is 6.92 Å². The normalized spacial score (nSPS) is 10.5. The first-order valence-corrected chi connectivity index (χ1v) is 5.33. The van der Waals surface area contributed by atoms with E-state index in [0.29, 0.717) is 0 Å². The van der Waals surface area contributed by atoms with Gasteiger partial charge in [0.2, 0.25) is 0 Å². The molecule has 15 heavy (non-hydrogen) atoms. The van der Waals surface area contributed by atoms with Gasteiger partial charge in [-0.1, -0.05) is 12.1 Å². The Bertz CT molecular complexity index is 615. The number of hydrogen-bond acceptors (Lipinski definition) is 2. The minimum atomic E-state index is 0. The van der Waals surface area contributed by atoms with Gasteiger partial charge in [0.25, 0.3) is 0 Å². The van der Waals surface area contributed by atoms with Crippen molar-refractivity contribution in [1.29, 1.82) is 0 Å². The quantitative estimate of drug-likeness (QED) is 0.576. The van der Waals surface area contributed by atoms with Crippen LogP contribution in [0.3, 0.4) is 0 Å². The number of thiazole rings is 1. The molecule has 0 aliphatic heterocycles. The Morgan fingerprint density at radius 1 is 1.27 bits per heavy atom.